The van der Waals surface area contributed by atoms with Gasteiger partial charge in [0, 0.05) is 12.5 Å². The van der Waals surface area contributed by atoms with Crippen LogP contribution in [0.1, 0.15) is 51.1 Å². The molecule has 3 unspecified atom stereocenters. The van der Waals surface area contributed by atoms with Crippen molar-refractivity contribution in [2.24, 2.45) is 11.8 Å². The quantitative estimate of drug-likeness (QED) is 0.893. The van der Waals surface area contributed by atoms with Gasteiger partial charge >= 0.3 is 0 Å². The number of aromatic nitrogens is 2. The van der Waals surface area contributed by atoms with E-state index < -0.39 is 0 Å². The normalized spacial score (nSPS) is 27.7. The third-order valence-corrected chi connectivity index (χ3v) is 4.63. The molecule has 1 saturated carbocycles. The standard InChI is InChI=1S/C15H26ClN3/c1-4-7-19-15(14(16)10-18-19)13-8-11(2)5-6-12(13)9-17-3/h10-13,17H,4-9H2,1-3H3. The van der Waals surface area contributed by atoms with E-state index in [9.17, 15) is 0 Å². The summed E-state index contributed by atoms with van der Waals surface area (Å²) in [6, 6.07) is 0. The van der Waals surface area contributed by atoms with Gasteiger partial charge in [-0.2, -0.15) is 5.10 Å². The summed E-state index contributed by atoms with van der Waals surface area (Å²) >= 11 is 6.42. The Kier molecular flexibility index (Phi) is 5.28. The second kappa shape index (κ2) is 6.76. The van der Waals surface area contributed by atoms with Crippen molar-refractivity contribution in [1.29, 1.82) is 0 Å². The molecule has 0 spiro atoms. The zero-order valence-electron chi connectivity index (χ0n) is 12.3. The van der Waals surface area contributed by atoms with Crippen LogP contribution in [0.3, 0.4) is 0 Å². The lowest BCUT2D eigenvalue weighted by molar-refractivity contribution is 0.235. The third kappa shape index (κ3) is 3.32. The molecule has 0 saturated heterocycles. The van der Waals surface area contributed by atoms with E-state index in [1.54, 1.807) is 0 Å². The second-order valence-electron chi connectivity index (χ2n) is 5.94. The minimum Gasteiger partial charge on any atom is -0.319 e. The molecule has 1 N–H and O–H groups in total. The van der Waals surface area contributed by atoms with Crippen LogP contribution in [0.4, 0.5) is 0 Å². The predicted octanol–water partition coefficient (Wildman–Crippen LogP) is 3.69. The van der Waals surface area contributed by atoms with Crippen LogP contribution >= 0.6 is 11.6 Å². The highest BCUT2D eigenvalue weighted by Crippen LogP contribution is 2.42. The molecule has 0 aromatic carbocycles. The average molecular weight is 284 g/mol. The van der Waals surface area contributed by atoms with Gasteiger partial charge in [-0.05, 0) is 44.7 Å². The SMILES string of the molecule is CCCn1ncc(Cl)c1C1CC(C)CCC1CNC. The molecule has 1 aromatic rings. The molecule has 0 aliphatic heterocycles. The summed E-state index contributed by atoms with van der Waals surface area (Å²) in [5.41, 5.74) is 1.27. The van der Waals surface area contributed by atoms with Crippen molar-refractivity contribution < 1.29 is 0 Å². The molecule has 4 heteroatoms. The Morgan fingerprint density at radius 3 is 2.95 bits per heavy atom. The van der Waals surface area contributed by atoms with Gasteiger partial charge in [-0.25, -0.2) is 0 Å². The highest BCUT2D eigenvalue weighted by molar-refractivity contribution is 6.31. The minimum absolute atomic E-state index is 0.553. The van der Waals surface area contributed by atoms with Crippen LogP contribution in [0.2, 0.25) is 5.02 Å². The molecular formula is C15H26ClN3. The first-order chi connectivity index (χ1) is 9.17. The van der Waals surface area contributed by atoms with Crippen molar-refractivity contribution >= 4 is 11.6 Å². The Balaban J connectivity index is 2.27. The number of nitrogens with zero attached hydrogens (tertiary/aromatic N) is 2. The van der Waals surface area contributed by atoms with Crippen LogP contribution in [0.15, 0.2) is 6.20 Å². The van der Waals surface area contributed by atoms with E-state index in [0.717, 1.165) is 30.5 Å². The number of rotatable bonds is 5. The highest BCUT2D eigenvalue weighted by Gasteiger charge is 2.33. The smallest absolute Gasteiger partial charge is 0.0820 e. The number of halogens is 1. The molecule has 0 radical (unpaired) electrons. The Hall–Kier alpha value is -0.540. The molecule has 1 fully saturated rings. The molecule has 1 heterocycles. The van der Waals surface area contributed by atoms with Crippen molar-refractivity contribution in [3.05, 3.63) is 16.9 Å². The summed E-state index contributed by atoms with van der Waals surface area (Å²) in [4.78, 5) is 0. The fourth-order valence-electron chi connectivity index (χ4n) is 3.42. The van der Waals surface area contributed by atoms with Gasteiger partial charge in [0.05, 0.1) is 16.9 Å². The topological polar surface area (TPSA) is 29.9 Å². The Morgan fingerprint density at radius 1 is 1.47 bits per heavy atom. The maximum Gasteiger partial charge on any atom is 0.0820 e. The minimum atomic E-state index is 0.553. The van der Waals surface area contributed by atoms with E-state index in [1.807, 2.05) is 13.2 Å². The van der Waals surface area contributed by atoms with Gasteiger partial charge in [0.15, 0.2) is 0 Å². The lowest BCUT2D eigenvalue weighted by Gasteiger charge is -2.35. The largest absolute Gasteiger partial charge is 0.319 e. The summed E-state index contributed by atoms with van der Waals surface area (Å²) in [6.07, 6.45) is 6.79. The van der Waals surface area contributed by atoms with E-state index in [4.69, 9.17) is 11.6 Å². The first kappa shape index (κ1) is 14.9. The van der Waals surface area contributed by atoms with Crippen LogP contribution in [0.5, 0.6) is 0 Å². The number of hydrogen-bond acceptors (Lipinski definition) is 2. The van der Waals surface area contributed by atoms with Crippen molar-refractivity contribution in [1.82, 2.24) is 15.1 Å². The first-order valence-corrected chi connectivity index (χ1v) is 7.90. The number of nitrogens with one attached hydrogen (secondary N) is 1. The summed E-state index contributed by atoms with van der Waals surface area (Å²) in [5.74, 6) is 2.03. The Bertz CT molecular complexity index is 402. The Morgan fingerprint density at radius 2 is 2.26 bits per heavy atom. The van der Waals surface area contributed by atoms with Crippen molar-refractivity contribution in [3.63, 3.8) is 0 Å². The molecule has 19 heavy (non-hydrogen) atoms. The molecular weight excluding hydrogens is 258 g/mol. The van der Waals surface area contributed by atoms with Crippen LogP contribution in [0.25, 0.3) is 0 Å². The maximum atomic E-state index is 6.42. The van der Waals surface area contributed by atoms with Crippen molar-refractivity contribution in [3.8, 4) is 0 Å². The van der Waals surface area contributed by atoms with E-state index in [1.165, 1.54) is 25.0 Å². The maximum absolute atomic E-state index is 6.42. The molecule has 0 bridgehead atoms. The summed E-state index contributed by atoms with van der Waals surface area (Å²) in [5, 5.41) is 8.66. The fourth-order valence-corrected chi connectivity index (χ4v) is 3.70. The molecule has 3 atom stereocenters. The molecule has 1 aliphatic carbocycles. The highest BCUT2D eigenvalue weighted by atomic mass is 35.5. The molecule has 1 aliphatic rings. The van der Waals surface area contributed by atoms with Crippen LogP contribution < -0.4 is 5.32 Å². The summed E-state index contributed by atoms with van der Waals surface area (Å²) < 4.78 is 2.13. The molecule has 2 rings (SSSR count). The van der Waals surface area contributed by atoms with E-state index in [2.05, 4.69) is 28.9 Å². The predicted molar refractivity (Wildman–Crippen MR) is 80.7 cm³/mol. The van der Waals surface area contributed by atoms with Gasteiger partial charge in [0.1, 0.15) is 0 Å². The summed E-state index contributed by atoms with van der Waals surface area (Å²) in [6.45, 7) is 6.59. The van der Waals surface area contributed by atoms with Crippen molar-refractivity contribution in [2.45, 2.75) is 52.0 Å². The van der Waals surface area contributed by atoms with Gasteiger partial charge in [0.2, 0.25) is 0 Å². The van der Waals surface area contributed by atoms with Gasteiger partial charge in [-0.1, -0.05) is 31.9 Å². The average Bonchev–Trinajstić information content (AvgIpc) is 2.74. The number of hydrogen-bond donors (Lipinski definition) is 1. The van der Waals surface area contributed by atoms with E-state index >= 15 is 0 Å². The van der Waals surface area contributed by atoms with Gasteiger partial charge in [-0.15, -0.1) is 0 Å². The zero-order chi connectivity index (χ0) is 13.8. The molecule has 1 aromatic heterocycles. The fraction of sp³-hybridized carbons (Fsp3) is 0.800. The first-order valence-electron chi connectivity index (χ1n) is 7.53. The van der Waals surface area contributed by atoms with E-state index in [-0.39, 0.29) is 0 Å². The monoisotopic (exact) mass is 283 g/mol. The zero-order valence-corrected chi connectivity index (χ0v) is 13.1. The van der Waals surface area contributed by atoms with E-state index in [0.29, 0.717) is 11.8 Å². The third-order valence-electron chi connectivity index (χ3n) is 4.34. The van der Waals surface area contributed by atoms with Gasteiger partial charge in [-0.3, -0.25) is 4.68 Å². The molecule has 108 valence electrons. The lowest BCUT2D eigenvalue weighted by Crippen LogP contribution is -2.31. The Labute approximate surface area is 121 Å². The van der Waals surface area contributed by atoms with Crippen molar-refractivity contribution in [2.75, 3.05) is 13.6 Å². The number of aryl methyl sites for hydroxylation is 1. The van der Waals surface area contributed by atoms with Crippen LogP contribution in [0, 0.1) is 11.8 Å². The van der Waals surface area contributed by atoms with Gasteiger partial charge < -0.3 is 5.32 Å². The molecule has 3 nitrogen and oxygen atoms in total. The van der Waals surface area contributed by atoms with Crippen LogP contribution in [-0.4, -0.2) is 23.4 Å². The lowest BCUT2D eigenvalue weighted by atomic mass is 9.73. The van der Waals surface area contributed by atoms with Crippen LogP contribution in [-0.2, 0) is 6.54 Å². The second-order valence-corrected chi connectivity index (χ2v) is 6.35. The molecule has 0 amide bonds. The van der Waals surface area contributed by atoms with Gasteiger partial charge in [0.25, 0.3) is 0 Å². The summed E-state index contributed by atoms with van der Waals surface area (Å²) in [7, 11) is 2.04.